The van der Waals surface area contributed by atoms with Gasteiger partial charge in [-0.3, -0.25) is 0 Å². The molecular weight excluding hydrogens is 250 g/mol. The lowest BCUT2D eigenvalue weighted by atomic mass is 10.4. The average molecular weight is 266 g/mol. The van der Waals surface area contributed by atoms with Crippen LogP contribution in [-0.4, -0.2) is 49.2 Å². The molecule has 0 amide bonds. The van der Waals surface area contributed by atoms with Gasteiger partial charge in [0.05, 0.1) is 5.37 Å². The fourth-order valence-electron chi connectivity index (χ4n) is 1.26. The predicted molar refractivity (Wildman–Crippen MR) is 67.2 cm³/mol. The maximum absolute atomic E-state index is 9.51. The van der Waals surface area contributed by atoms with E-state index in [-0.39, 0.29) is 5.37 Å². The van der Waals surface area contributed by atoms with Crippen LogP contribution in [0.2, 0.25) is 0 Å². The van der Waals surface area contributed by atoms with Crippen molar-refractivity contribution in [1.29, 1.82) is 0 Å². The van der Waals surface area contributed by atoms with Gasteiger partial charge in [-0.25, -0.2) is 0 Å². The first-order valence-electron chi connectivity index (χ1n) is 4.79. The number of thioether (sulfide) groups is 1. The fraction of sp³-hybridized carbons (Fsp3) is 0.667. The van der Waals surface area contributed by atoms with Crippen LogP contribution in [-0.2, 0) is 4.74 Å². The molecule has 5 nitrogen and oxygen atoms in total. The van der Waals surface area contributed by atoms with Crippen LogP contribution in [0.3, 0.4) is 0 Å². The lowest BCUT2D eigenvalue weighted by Crippen LogP contribution is -2.31. The molecule has 0 radical (unpaired) electrons. The molecule has 2 unspecified atom stereocenters. The van der Waals surface area contributed by atoms with Crippen molar-refractivity contribution >= 4 is 30.1 Å². The molecule has 0 aromatic rings. The van der Waals surface area contributed by atoms with Gasteiger partial charge in [0.2, 0.25) is 6.41 Å². The molecule has 92 valence electrons. The van der Waals surface area contributed by atoms with E-state index >= 15 is 0 Å². The highest BCUT2D eigenvalue weighted by atomic mass is 35.5. The van der Waals surface area contributed by atoms with Crippen molar-refractivity contribution in [1.82, 2.24) is 10.2 Å². The van der Waals surface area contributed by atoms with E-state index in [0.29, 0.717) is 11.7 Å². The molecule has 0 spiro atoms. The van der Waals surface area contributed by atoms with Crippen molar-refractivity contribution in [3.05, 3.63) is 10.2 Å². The van der Waals surface area contributed by atoms with E-state index in [1.54, 1.807) is 23.7 Å². The van der Waals surface area contributed by atoms with Crippen LogP contribution in [0.5, 0.6) is 0 Å². The third-order valence-corrected chi connectivity index (χ3v) is 3.89. The van der Waals surface area contributed by atoms with E-state index in [1.165, 1.54) is 7.11 Å². The molecule has 0 aromatic carbocycles. The van der Waals surface area contributed by atoms with Crippen LogP contribution in [0.15, 0.2) is 15.2 Å². The topological polar surface area (TPSA) is 57.1 Å². The van der Waals surface area contributed by atoms with Crippen LogP contribution < -0.4 is 5.32 Å². The maximum atomic E-state index is 9.51. The van der Waals surface area contributed by atoms with Crippen molar-refractivity contribution < 1.29 is 9.84 Å². The number of hydrogen-bond donors (Lipinski definition) is 2. The smallest absolute Gasteiger partial charge is 0.237 e. The molecule has 0 saturated carbocycles. The Balaban J connectivity index is 2.54. The zero-order chi connectivity index (χ0) is 12.1. The predicted octanol–water partition coefficient (Wildman–Crippen LogP) is 0.959. The molecule has 0 fully saturated rings. The van der Waals surface area contributed by atoms with Gasteiger partial charge in [0.25, 0.3) is 0 Å². The first-order valence-corrected chi connectivity index (χ1v) is 6.05. The Morgan fingerprint density at radius 3 is 3.06 bits per heavy atom. The molecule has 1 aliphatic rings. The summed E-state index contributed by atoms with van der Waals surface area (Å²) in [6.07, 6.45) is -0.153. The number of aliphatic hydroxyl groups excluding tert-OH is 1. The first-order chi connectivity index (χ1) is 7.60. The summed E-state index contributed by atoms with van der Waals surface area (Å²) in [6, 6.07) is 0. The maximum Gasteiger partial charge on any atom is 0.237 e. The van der Waals surface area contributed by atoms with Crippen molar-refractivity contribution in [2.24, 2.45) is 4.99 Å². The third kappa shape index (κ3) is 3.28. The molecule has 0 aliphatic carbocycles. The molecule has 16 heavy (non-hydrogen) atoms. The molecule has 1 heterocycles. The molecule has 1 rings (SSSR count). The van der Waals surface area contributed by atoms with Gasteiger partial charge in [-0.2, -0.15) is 0 Å². The highest BCUT2D eigenvalue weighted by Crippen LogP contribution is 2.36. The van der Waals surface area contributed by atoms with Gasteiger partial charge in [0.1, 0.15) is 10.2 Å². The summed E-state index contributed by atoms with van der Waals surface area (Å²) in [5.41, 5.74) is 0. The number of aliphatic imine (C=N–C) groups is 1. The second-order valence-corrected chi connectivity index (χ2v) is 4.85. The van der Waals surface area contributed by atoms with Crippen LogP contribution in [0.25, 0.3) is 0 Å². The Labute approximate surface area is 105 Å². The lowest BCUT2D eigenvalue weighted by molar-refractivity contribution is -0.152. The summed E-state index contributed by atoms with van der Waals surface area (Å²) in [4.78, 5) is 5.36. The first kappa shape index (κ1) is 13.6. The van der Waals surface area contributed by atoms with E-state index < -0.39 is 6.41 Å². The van der Waals surface area contributed by atoms with Crippen LogP contribution in [0, 0.1) is 0 Å². The van der Waals surface area contributed by atoms with Crippen LogP contribution >= 0.6 is 23.4 Å². The molecule has 2 atom stereocenters. The standard InChI is InChI=1S/C9H16ClN3O2S/c1-11-5-4-6-12-7(10)8(16-6)13(2)9(14)15-3/h6,9,12,14H,1,4-5H2,2-3H3. The summed E-state index contributed by atoms with van der Waals surface area (Å²) in [7, 11) is 3.15. The second-order valence-electron chi connectivity index (χ2n) is 3.28. The summed E-state index contributed by atoms with van der Waals surface area (Å²) >= 11 is 7.59. The lowest BCUT2D eigenvalue weighted by Gasteiger charge is -2.24. The molecule has 0 bridgehead atoms. The minimum Gasteiger partial charge on any atom is -0.361 e. The number of hydrogen-bond acceptors (Lipinski definition) is 6. The zero-order valence-corrected chi connectivity index (χ0v) is 10.9. The Kier molecular flexibility index (Phi) is 5.40. The van der Waals surface area contributed by atoms with Crippen molar-refractivity contribution in [2.75, 3.05) is 20.7 Å². The van der Waals surface area contributed by atoms with E-state index in [9.17, 15) is 5.11 Å². The summed E-state index contributed by atoms with van der Waals surface area (Å²) in [5, 5.41) is 14.1. The molecule has 1 aliphatic heterocycles. The number of nitrogens with one attached hydrogen (secondary N) is 1. The number of methoxy groups -OCH3 is 1. The average Bonchev–Trinajstić information content (AvgIpc) is 2.65. The fourth-order valence-corrected chi connectivity index (χ4v) is 2.81. The van der Waals surface area contributed by atoms with E-state index in [4.69, 9.17) is 16.3 Å². The molecule has 0 aromatic heterocycles. The second kappa shape index (κ2) is 6.34. The van der Waals surface area contributed by atoms with Crippen LogP contribution in [0.1, 0.15) is 6.42 Å². The Morgan fingerprint density at radius 2 is 2.50 bits per heavy atom. The third-order valence-electron chi connectivity index (χ3n) is 2.14. The highest BCUT2D eigenvalue weighted by Gasteiger charge is 2.27. The van der Waals surface area contributed by atoms with Gasteiger partial charge < -0.3 is 25.1 Å². The number of ether oxygens (including phenoxy) is 1. The molecule has 7 heteroatoms. The minimum atomic E-state index is -0.991. The highest BCUT2D eigenvalue weighted by molar-refractivity contribution is 8.03. The number of halogens is 1. The molecule has 2 N–H and O–H groups in total. The largest absolute Gasteiger partial charge is 0.361 e. The Morgan fingerprint density at radius 1 is 1.81 bits per heavy atom. The van der Waals surface area contributed by atoms with E-state index in [1.807, 2.05) is 0 Å². The Hall–Kier alpha value is -0.430. The number of nitrogens with zero attached hydrogens (tertiary/aromatic N) is 2. The number of aliphatic hydroxyl groups is 1. The van der Waals surface area contributed by atoms with Gasteiger partial charge in [-0.05, 0) is 13.1 Å². The molecule has 0 saturated heterocycles. The summed E-state index contributed by atoms with van der Waals surface area (Å²) in [6.45, 7) is 4.11. The van der Waals surface area contributed by atoms with Gasteiger partial charge in [-0.15, -0.1) is 0 Å². The summed E-state index contributed by atoms with van der Waals surface area (Å²) < 4.78 is 4.81. The Bertz CT molecular complexity index is 288. The van der Waals surface area contributed by atoms with Gasteiger partial charge >= 0.3 is 0 Å². The normalized spacial score (nSPS) is 21.9. The summed E-state index contributed by atoms with van der Waals surface area (Å²) in [5.74, 6) is 0. The van der Waals surface area contributed by atoms with Crippen molar-refractivity contribution in [2.45, 2.75) is 18.2 Å². The van der Waals surface area contributed by atoms with Crippen molar-refractivity contribution in [3.63, 3.8) is 0 Å². The zero-order valence-electron chi connectivity index (χ0n) is 9.31. The SMILES string of the molecule is C=NCCC1NC(Cl)=C(N(C)C(O)OC)S1. The van der Waals surface area contributed by atoms with Gasteiger partial charge in [0.15, 0.2) is 0 Å². The van der Waals surface area contributed by atoms with Gasteiger partial charge in [0, 0.05) is 20.7 Å². The monoisotopic (exact) mass is 265 g/mol. The van der Waals surface area contributed by atoms with E-state index in [2.05, 4.69) is 17.0 Å². The number of rotatable bonds is 6. The van der Waals surface area contributed by atoms with Crippen LogP contribution in [0.4, 0.5) is 0 Å². The van der Waals surface area contributed by atoms with E-state index in [0.717, 1.165) is 11.4 Å². The van der Waals surface area contributed by atoms with Gasteiger partial charge in [-0.1, -0.05) is 23.4 Å². The van der Waals surface area contributed by atoms with Crippen molar-refractivity contribution in [3.8, 4) is 0 Å². The molecular formula is C9H16ClN3O2S. The minimum absolute atomic E-state index is 0.166. The quantitative estimate of drug-likeness (QED) is 0.426.